The monoisotopic (exact) mass is 185 g/mol. The van der Waals surface area contributed by atoms with E-state index in [-0.39, 0.29) is 6.03 Å². The lowest BCUT2D eigenvalue weighted by molar-refractivity contribution is 0.169. The molecule has 0 saturated carbocycles. The molecule has 13 heavy (non-hydrogen) atoms. The molecular weight excluding hydrogens is 166 g/mol. The molecule has 0 radical (unpaired) electrons. The average Bonchev–Trinajstić information content (AvgIpc) is 2.15. The summed E-state index contributed by atoms with van der Waals surface area (Å²) < 4.78 is 0. The second kappa shape index (κ2) is 5.07. The average molecular weight is 185 g/mol. The van der Waals surface area contributed by atoms with E-state index in [2.05, 4.69) is 12.2 Å². The van der Waals surface area contributed by atoms with Crippen molar-refractivity contribution >= 4 is 6.03 Å². The van der Waals surface area contributed by atoms with Crippen LogP contribution in [0.15, 0.2) is 0 Å². The summed E-state index contributed by atoms with van der Waals surface area (Å²) in [5.74, 6) is 0. The molecule has 0 aliphatic carbocycles. The molecule has 0 bridgehead atoms. The zero-order chi connectivity index (χ0) is 9.68. The van der Waals surface area contributed by atoms with Crippen LogP contribution < -0.4 is 11.1 Å². The van der Waals surface area contributed by atoms with E-state index in [1.54, 1.807) is 4.90 Å². The predicted octanol–water partition coefficient (Wildman–Crippen LogP) is 0.529. The second-order valence-corrected chi connectivity index (χ2v) is 3.53. The predicted molar refractivity (Wildman–Crippen MR) is 52.5 cm³/mol. The summed E-state index contributed by atoms with van der Waals surface area (Å²) in [6, 6.07) is 0.0294. The van der Waals surface area contributed by atoms with Crippen molar-refractivity contribution in [2.75, 3.05) is 19.6 Å². The van der Waals surface area contributed by atoms with Gasteiger partial charge in [0.15, 0.2) is 0 Å². The minimum absolute atomic E-state index is 0.282. The van der Waals surface area contributed by atoms with Crippen LogP contribution in [-0.2, 0) is 0 Å². The van der Waals surface area contributed by atoms with Crippen molar-refractivity contribution in [1.29, 1.82) is 0 Å². The van der Waals surface area contributed by atoms with Crippen molar-refractivity contribution in [3.8, 4) is 0 Å². The van der Waals surface area contributed by atoms with Gasteiger partial charge < -0.3 is 16.0 Å². The smallest absolute Gasteiger partial charge is 0.315 e. The first-order valence-corrected chi connectivity index (χ1v) is 5.02. The molecule has 0 aromatic carbocycles. The summed E-state index contributed by atoms with van der Waals surface area (Å²) in [5, 5.41) is 3.28. The first kappa shape index (κ1) is 10.3. The molecule has 1 atom stereocenters. The number of piperidine rings is 1. The lowest BCUT2D eigenvalue weighted by atomic mass is 10.1. The zero-order valence-electron chi connectivity index (χ0n) is 8.25. The van der Waals surface area contributed by atoms with Gasteiger partial charge in [-0.15, -0.1) is 0 Å². The number of carbonyl (C=O) groups excluding carboxylic acids is 1. The SMILES string of the molecule is CCCN(C(N)=O)C1CCCNC1. The number of urea groups is 1. The Morgan fingerprint density at radius 3 is 2.92 bits per heavy atom. The van der Waals surface area contributed by atoms with Crippen LogP contribution >= 0.6 is 0 Å². The third-order valence-corrected chi connectivity index (χ3v) is 2.46. The Hall–Kier alpha value is -0.770. The fourth-order valence-corrected chi connectivity index (χ4v) is 1.81. The summed E-state index contributed by atoms with van der Waals surface area (Å²) in [6.45, 7) is 4.80. The Morgan fingerprint density at radius 2 is 2.46 bits per heavy atom. The first-order valence-electron chi connectivity index (χ1n) is 5.02. The van der Waals surface area contributed by atoms with E-state index in [1.807, 2.05) is 0 Å². The molecule has 1 rings (SSSR count). The van der Waals surface area contributed by atoms with Crippen molar-refractivity contribution < 1.29 is 4.79 Å². The highest BCUT2D eigenvalue weighted by Crippen LogP contribution is 2.10. The minimum atomic E-state index is -0.282. The number of carbonyl (C=O) groups is 1. The van der Waals surface area contributed by atoms with Gasteiger partial charge in [-0.1, -0.05) is 6.92 Å². The maximum Gasteiger partial charge on any atom is 0.315 e. The number of rotatable bonds is 3. The van der Waals surface area contributed by atoms with Crippen LogP contribution in [0.25, 0.3) is 0 Å². The molecule has 1 unspecified atom stereocenters. The maximum atomic E-state index is 11.1. The molecule has 3 N–H and O–H groups in total. The van der Waals surface area contributed by atoms with Crippen molar-refractivity contribution in [2.24, 2.45) is 5.73 Å². The molecule has 1 aliphatic rings. The van der Waals surface area contributed by atoms with Gasteiger partial charge >= 0.3 is 6.03 Å². The number of hydrogen-bond donors (Lipinski definition) is 2. The van der Waals surface area contributed by atoms with E-state index in [4.69, 9.17) is 5.73 Å². The van der Waals surface area contributed by atoms with Crippen LogP contribution in [0, 0.1) is 0 Å². The normalized spacial score (nSPS) is 22.7. The van der Waals surface area contributed by atoms with Gasteiger partial charge in [0.1, 0.15) is 0 Å². The van der Waals surface area contributed by atoms with Crippen molar-refractivity contribution in [1.82, 2.24) is 10.2 Å². The highest BCUT2D eigenvalue weighted by Gasteiger charge is 2.22. The lowest BCUT2D eigenvalue weighted by Gasteiger charge is -2.33. The van der Waals surface area contributed by atoms with E-state index in [1.165, 1.54) is 0 Å². The van der Waals surface area contributed by atoms with Crippen LogP contribution in [0.1, 0.15) is 26.2 Å². The Morgan fingerprint density at radius 1 is 1.69 bits per heavy atom. The van der Waals surface area contributed by atoms with Crippen molar-refractivity contribution in [2.45, 2.75) is 32.2 Å². The fourth-order valence-electron chi connectivity index (χ4n) is 1.81. The molecule has 4 heteroatoms. The minimum Gasteiger partial charge on any atom is -0.351 e. The van der Waals surface area contributed by atoms with Crippen LogP contribution in [0.3, 0.4) is 0 Å². The molecule has 4 nitrogen and oxygen atoms in total. The first-order chi connectivity index (χ1) is 6.25. The van der Waals surface area contributed by atoms with E-state index in [0.717, 1.165) is 38.9 Å². The third-order valence-electron chi connectivity index (χ3n) is 2.46. The van der Waals surface area contributed by atoms with Gasteiger partial charge in [0.25, 0.3) is 0 Å². The largest absolute Gasteiger partial charge is 0.351 e. The number of nitrogens with one attached hydrogen (secondary N) is 1. The quantitative estimate of drug-likeness (QED) is 0.674. The topological polar surface area (TPSA) is 58.4 Å². The van der Waals surface area contributed by atoms with Crippen LogP contribution in [-0.4, -0.2) is 36.6 Å². The van der Waals surface area contributed by atoms with E-state index < -0.39 is 0 Å². The highest BCUT2D eigenvalue weighted by molar-refractivity contribution is 5.72. The van der Waals surface area contributed by atoms with Crippen LogP contribution in [0.5, 0.6) is 0 Å². The zero-order valence-corrected chi connectivity index (χ0v) is 8.25. The van der Waals surface area contributed by atoms with Gasteiger partial charge in [0.05, 0.1) is 0 Å². The van der Waals surface area contributed by atoms with Gasteiger partial charge in [0, 0.05) is 19.1 Å². The van der Waals surface area contributed by atoms with Gasteiger partial charge in [-0.2, -0.15) is 0 Å². The Bertz CT molecular complexity index is 166. The van der Waals surface area contributed by atoms with Gasteiger partial charge in [-0.05, 0) is 25.8 Å². The number of primary amides is 1. The molecule has 2 amide bonds. The Balaban J connectivity index is 2.46. The van der Waals surface area contributed by atoms with Crippen molar-refractivity contribution in [3.05, 3.63) is 0 Å². The van der Waals surface area contributed by atoms with Gasteiger partial charge in [-0.25, -0.2) is 4.79 Å². The summed E-state index contributed by atoms with van der Waals surface area (Å²) in [7, 11) is 0. The van der Waals surface area contributed by atoms with Crippen LogP contribution in [0.2, 0.25) is 0 Å². The molecular formula is C9H19N3O. The van der Waals surface area contributed by atoms with Gasteiger partial charge in [-0.3, -0.25) is 0 Å². The number of nitrogens with two attached hydrogens (primary N) is 1. The van der Waals surface area contributed by atoms with E-state index in [0.29, 0.717) is 6.04 Å². The number of amides is 2. The molecule has 0 spiro atoms. The molecule has 1 fully saturated rings. The lowest BCUT2D eigenvalue weighted by Crippen LogP contribution is -2.50. The standard InChI is InChI=1S/C9H19N3O/c1-2-6-12(9(10)13)8-4-3-5-11-7-8/h8,11H,2-7H2,1H3,(H2,10,13). The molecule has 1 aliphatic heterocycles. The van der Waals surface area contributed by atoms with Gasteiger partial charge in [0.2, 0.25) is 0 Å². The van der Waals surface area contributed by atoms with E-state index in [9.17, 15) is 4.79 Å². The Kier molecular flexibility index (Phi) is 4.02. The molecule has 1 saturated heterocycles. The third kappa shape index (κ3) is 2.88. The second-order valence-electron chi connectivity index (χ2n) is 3.53. The molecule has 1 heterocycles. The maximum absolute atomic E-state index is 11.1. The molecule has 0 aromatic rings. The van der Waals surface area contributed by atoms with Crippen molar-refractivity contribution in [3.63, 3.8) is 0 Å². The summed E-state index contributed by atoms with van der Waals surface area (Å²) in [4.78, 5) is 12.9. The fraction of sp³-hybridized carbons (Fsp3) is 0.889. The number of nitrogens with zero attached hydrogens (tertiary/aromatic N) is 1. The van der Waals surface area contributed by atoms with Crippen LogP contribution in [0.4, 0.5) is 4.79 Å². The summed E-state index contributed by atoms with van der Waals surface area (Å²) in [5.41, 5.74) is 5.31. The summed E-state index contributed by atoms with van der Waals surface area (Å²) >= 11 is 0. The number of hydrogen-bond acceptors (Lipinski definition) is 2. The summed E-state index contributed by atoms with van der Waals surface area (Å²) in [6.07, 6.45) is 3.19. The molecule has 0 aromatic heterocycles. The Labute approximate surface area is 79.5 Å². The van der Waals surface area contributed by atoms with E-state index >= 15 is 0 Å². The highest BCUT2D eigenvalue weighted by atomic mass is 16.2. The molecule has 76 valence electrons.